The average molecular weight is 577 g/mol. The Morgan fingerprint density at radius 2 is 1.59 bits per heavy atom. The average Bonchev–Trinajstić information content (AvgIpc) is 3.67. The van der Waals surface area contributed by atoms with Gasteiger partial charge in [0.1, 0.15) is 6.04 Å². The maximum absolute atomic E-state index is 13.4. The van der Waals surface area contributed by atoms with E-state index in [9.17, 15) is 22.8 Å². The molecule has 1 unspecified atom stereocenters. The van der Waals surface area contributed by atoms with Gasteiger partial charge in [-0.2, -0.15) is 4.31 Å². The van der Waals surface area contributed by atoms with Crippen LogP contribution in [0.1, 0.15) is 84.3 Å². The Balaban J connectivity index is 0.980. The third-order valence-electron chi connectivity index (χ3n) is 9.87. The minimum Gasteiger partial charge on any atom is -0.322 e. The Bertz CT molecular complexity index is 1500. The van der Waals surface area contributed by atoms with Crippen LogP contribution in [0.2, 0.25) is 0 Å². The first-order valence-electron chi connectivity index (χ1n) is 14.9. The first kappa shape index (κ1) is 26.8. The molecule has 0 spiro atoms. The summed E-state index contributed by atoms with van der Waals surface area (Å²) in [5, 5.41) is 2.36. The van der Waals surface area contributed by atoms with E-state index in [0.29, 0.717) is 29.3 Å². The molecule has 216 valence electrons. The molecule has 10 heteroatoms. The summed E-state index contributed by atoms with van der Waals surface area (Å²) in [5.74, 6) is -0.428. The normalized spacial score (nSPS) is 27.5. The number of piperidine rings is 2. The highest BCUT2D eigenvalue weighted by Crippen LogP contribution is 2.41. The van der Waals surface area contributed by atoms with Crippen LogP contribution in [0.3, 0.4) is 0 Å². The molecule has 4 saturated heterocycles. The number of benzene rings is 2. The fourth-order valence-corrected chi connectivity index (χ4v) is 9.72. The van der Waals surface area contributed by atoms with Gasteiger partial charge in [-0.3, -0.25) is 24.6 Å². The fourth-order valence-electron chi connectivity index (χ4n) is 7.71. The summed E-state index contributed by atoms with van der Waals surface area (Å²) < 4.78 is 28.7. The minimum atomic E-state index is -3.46. The van der Waals surface area contributed by atoms with Crippen LogP contribution in [-0.4, -0.2) is 71.5 Å². The predicted octanol–water partition coefficient (Wildman–Crippen LogP) is 3.14. The smallest absolute Gasteiger partial charge is 0.255 e. The van der Waals surface area contributed by atoms with Crippen molar-refractivity contribution in [1.29, 1.82) is 0 Å². The van der Waals surface area contributed by atoms with E-state index < -0.39 is 16.1 Å². The summed E-state index contributed by atoms with van der Waals surface area (Å²) >= 11 is 0. The molecule has 5 aliphatic rings. The van der Waals surface area contributed by atoms with E-state index >= 15 is 0 Å². The second kappa shape index (κ2) is 10.3. The molecule has 2 aromatic rings. The highest BCUT2D eigenvalue weighted by Gasteiger charge is 2.46. The van der Waals surface area contributed by atoms with Crippen LogP contribution in [0.25, 0.3) is 0 Å². The maximum Gasteiger partial charge on any atom is 0.255 e. The number of carbonyl (C=O) groups excluding carboxylic acids is 3. The topological polar surface area (TPSA) is 107 Å². The standard InChI is InChI=1S/C31H36N4O5S/c36-29-11-10-28(30(37)32-29)34-19-23-17-22(4-9-27(23)31(34)38)21-12-14-33(15-13-21)18-20-2-1-3-26(16-20)41(39,40)35-24-5-6-25(35)8-7-24/h1-4,9,16-17,21,24-25,28H,5-8,10-15,18-19H2,(H,32,36,37). The predicted molar refractivity (Wildman–Crippen MR) is 151 cm³/mol. The molecule has 0 saturated carbocycles. The Morgan fingerprint density at radius 3 is 2.29 bits per heavy atom. The van der Waals surface area contributed by atoms with Gasteiger partial charge >= 0.3 is 0 Å². The van der Waals surface area contributed by atoms with Crippen LogP contribution in [-0.2, 0) is 32.7 Å². The molecule has 4 fully saturated rings. The van der Waals surface area contributed by atoms with Gasteiger partial charge in [0.2, 0.25) is 21.8 Å². The molecule has 41 heavy (non-hydrogen) atoms. The van der Waals surface area contributed by atoms with E-state index in [1.165, 1.54) is 5.56 Å². The number of hydrogen-bond donors (Lipinski definition) is 1. The minimum absolute atomic E-state index is 0.141. The van der Waals surface area contributed by atoms with Crippen LogP contribution in [0.5, 0.6) is 0 Å². The summed E-state index contributed by atoms with van der Waals surface area (Å²) in [6, 6.07) is 13.3. The molecule has 0 aliphatic carbocycles. The van der Waals surface area contributed by atoms with Crippen LogP contribution < -0.4 is 5.32 Å². The van der Waals surface area contributed by atoms with Crippen molar-refractivity contribution in [2.24, 2.45) is 0 Å². The highest BCUT2D eigenvalue weighted by atomic mass is 32.2. The number of imide groups is 1. The Kier molecular flexibility index (Phi) is 6.75. The molecule has 9 nitrogen and oxygen atoms in total. The van der Waals surface area contributed by atoms with E-state index in [-0.39, 0.29) is 36.2 Å². The van der Waals surface area contributed by atoms with Crippen LogP contribution >= 0.6 is 0 Å². The van der Waals surface area contributed by atoms with Gasteiger partial charge in [0.05, 0.1) is 4.90 Å². The van der Waals surface area contributed by atoms with E-state index in [1.54, 1.807) is 15.3 Å². The van der Waals surface area contributed by atoms with Gasteiger partial charge < -0.3 is 4.90 Å². The summed E-state index contributed by atoms with van der Waals surface area (Å²) in [6.07, 6.45) is 6.52. The maximum atomic E-state index is 13.4. The molecule has 1 atom stereocenters. The van der Waals surface area contributed by atoms with Crippen molar-refractivity contribution in [3.63, 3.8) is 0 Å². The molecule has 2 bridgehead atoms. The summed E-state index contributed by atoms with van der Waals surface area (Å²) in [4.78, 5) is 41.3. The number of nitrogens with zero attached hydrogens (tertiary/aromatic N) is 3. The molecule has 7 rings (SSSR count). The molecule has 5 aliphatic heterocycles. The quantitative estimate of drug-likeness (QED) is 0.530. The van der Waals surface area contributed by atoms with Crippen LogP contribution in [0.15, 0.2) is 47.4 Å². The monoisotopic (exact) mass is 576 g/mol. The Hall–Kier alpha value is -3.08. The van der Waals surface area contributed by atoms with Crippen molar-refractivity contribution >= 4 is 27.7 Å². The van der Waals surface area contributed by atoms with Crippen molar-refractivity contribution in [3.8, 4) is 0 Å². The molecular formula is C31H36N4O5S. The van der Waals surface area contributed by atoms with Crippen molar-refractivity contribution in [3.05, 3.63) is 64.7 Å². The first-order chi connectivity index (χ1) is 19.8. The lowest BCUT2D eigenvalue weighted by atomic mass is 9.87. The second-order valence-electron chi connectivity index (χ2n) is 12.3. The zero-order chi connectivity index (χ0) is 28.3. The van der Waals surface area contributed by atoms with Gasteiger partial charge in [-0.15, -0.1) is 0 Å². The molecule has 2 aromatic carbocycles. The number of fused-ring (bicyclic) bond motifs is 3. The Labute approximate surface area is 240 Å². The number of hydrogen-bond acceptors (Lipinski definition) is 6. The number of rotatable bonds is 6. The van der Waals surface area contributed by atoms with Gasteiger partial charge in [-0.1, -0.05) is 24.3 Å². The second-order valence-corrected chi connectivity index (χ2v) is 14.2. The van der Waals surface area contributed by atoms with E-state index in [1.807, 2.05) is 30.3 Å². The number of amides is 3. The Morgan fingerprint density at radius 1 is 0.854 bits per heavy atom. The zero-order valence-electron chi connectivity index (χ0n) is 23.1. The lowest BCUT2D eigenvalue weighted by molar-refractivity contribution is -0.136. The van der Waals surface area contributed by atoms with Gasteiger partial charge in [0.25, 0.3) is 5.91 Å². The number of nitrogens with one attached hydrogen (secondary N) is 1. The molecule has 0 aromatic heterocycles. The fraction of sp³-hybridized carbons (Fsp3) is 0.516. The summed E-state index contributed by atoms with van der Waals surface area (Å²) in [7, 11) is -3.46. The van der Waals surface area contributed by atoms with E-state index in [4.69, 9.17) is 0 Å². The van der Waals surface area contributed by atoms with Crippen molar-refractivity contribution < 1.29 is 22.8 Å². The number of carbonyl (C=O) groups is 3. The largest absolute Gasteiger partial charge is 0.322 e. The van der Waals surface area contributed by atoms with Gasteiger partial charge in [0.15, 0.2) is 0 Å². The van der Waals surface area contributed by atoms with Crippen molar-refractivity contribution in [2.45, 2.75) is 93.4 Å². The van der Waals surface area contributed by atoms with Crippen LogP contribution in [0, 0.1) is 0 Å². The lowest BCUT2D eigenvalue weighted by Gasteiger charge is -2.32. The number of likely N-dealkylation sites (tertiary alicyclic amines) is 1. The molecule has 0 radical (unpaired) electrons. The highest BCUT2D eigenvalue weighted by molar-refractivity contribution is 7.89. The summed E-state index contributed by atoms with van der Waals surface area (Å²) in [5.41, 5.74) is 3.84. The van der Waals surface area contributed by atoms with Crippen molar-refractivity contribution in [2.75, 3.05) is 13.1 Å². The lowest BCUT2D eigenvalue weighted by Crippen LogP contribution is -2.52. The summed E-state index contributed by atoms with van der Waals surface area (Å²) in [6.45, 7) is 2.94. The van der Waals surface area contributed by atoms with Crippen LogP contribution in [0.4, 0.5) is 0 Å². The van der Waals surface area contributed by atoms with Gasteiger partial charge in [0, 0.05) is 37.2 Å². The molecule has 1 N–H and O–H groups in total. The van der Waals surface area contributed by atoms with Gasteiger partial charge in [-0.25, -0.2) is 8.42 Å². The zero-order valence-corrected chi connectivity index (χ0v) is 23.9. The van der Waals surface area contributed by atoms with E-state index in [2.05, 4.69) is 16.3 Å². The van der Waals surface area contributed by atoms with Crippen molar-refractivity contribution in [1.82, 2.24) is 19.4 Å². The third-order valence-corrected chi connectivity index (χ3v) is 11.9. The molecular weight excluding hydrogens is 540 g/mol. The number of sulfonamides is 1. The molecule has 5 heterocycles. The first-order valence-corrected chi connectivity index (χ1v) is 16.3. The van der Waals surface area contributed by atoms with E-state index in [0.717, 1.165) is 69.3 Å². The SMILES string of the molecule is O=C1CCC(N2Cc3cc(C4CCN(Cc5cccc(S(=O)(=O)N6C7CCC6CC7)c5)CC4)ccc3C2=O)C(=O)N1. The van der Waals surface area contributed by atoms with Gasteiger partial charge in [-0.05, 0) is 98.8 Å². The molecule has 3 amide bonds. The third kappa shape index (κ3) is 4.79.